The number of ether oxygens (including phenoxy) is 2. The largest absolute Gasteiger partial charge is 3.00 e. The van der Waals surface area contributed by atoms with E-state index in [0.29, 0.717) is 10.8 Å². The van der Waals surface area contributed by atoms with Gasteiger partial charge in [-0.3, -0.25) is 8.99 Å². The third-order valence-electron chi connectivity index (χ3n) is 8.48. The van der Waals surface area contributed by atoms with Crippen LogP contribution >= 0.6 is 0 Å². The molecule has 2 heterocycles. The fraction of sp³-hybridized carbons (Fsp3) is 0.0588. The number of nitrogens with zero attached hydrogens (tertiary/aromatic N) is 4. The van der Waals surface area contributed by atoms with Gasteiger partial charge in [0, 0.05) is 25.7 Å². The average molecular weight is 942 g/mol. The number of rotatable bonds is 6. The van der Waals surface area contributed by atoms with Crippen LogP contribution in [0.5, 0.6) is 34.5 Å². The molecular formula is C34H22CrN6NaO14S4. The number of azo groups is 2. The summed E-state index contributed by atoms with van der Waals surface area (Å²) in [5.41, 5.74) is -1.79. The van der Waals surface area contributed by atoms with Gasteiger partial charge in [0.25, 0.3) is 0 Å². The zero-order chi connectivity index (χ0) is 41.9. The van der Waals surface area contributed by atoms with Crippen molar-refractivity contribution in [1.82, 2.24) is 0 Å². The molecule has 0 saturated carbocycles. The minimum absolute atomic E-state index is 0. The van der Waals surface area contributed by atoms with Gasteiger partial charge in [-0.1, -0.05) is 71.8 Å². The van der Waals surface area contributed by atoms with E-state index < -0.39 is 106 Å². The van der Waals surface area contributed by atoms with Crippen LogP contribution in [0.15, 0.2) is 125 Å². The number of phenols is 1. The van der Waals surface area contributed by atoms with E-state index in [0.717, 1.165) is 36.4 Å². The van der Waals surface area contributed by atoms with Crippen molar-refractivity contribution in [2.45, 2.75) is 19.6 Å². The number of hydrogen-bond donors (Lipinski definition) is 3. The summed E-state index contributed by atoms with van der Waals surface area (Å²) in [6.45, 7) is 0. The molecule has 0 fully saturated rings. The van der Waals surface area contributed by atoms with Gasteiger partial charge in [-0.15, -0.1) is 15.3 Å². The Morgan fingerprint density at radius 1 is 0.650 bits per heavy atom. The predicted molar refractivity (Wildman–Crippen MR) is 196 cm³/mol. The second-order valence-corrected chi connectivity index (χ2v) is 19.0. The van der Waals surface area contributed by atoms with Crippen molar-refractivity contribution in [1.29, 1.82) is 4.78 Å². The zero-order valence-corrected chi connectivity index (χ0v) is 36.7. The summed E-state index contributed by atoms with van der Waals surface area (Å²) in [7, 11) is -16.4. The van der Waals surface area contributed by atoms with E-state index in [9.17, 15) is 54.4 Å². The van der Waals surface area contributed by atoms with Gasteiger partial charge in [-0.05, 0) is 41.1 Å². The number of phenolic OH excluding ortho intramolecular Hbond substituents is 1. The van der Waals surface area contributed by atoms with Gasteiger partial charge in [0.05, 0.1) is 10.6 Å². The number of hydrogen-bond acceptors (Lipinski definition) is 19. The van der Waals surface area contributed by atoms with Gasteiger partial charge in [0.15, 0.2) is 11.9 Å². The molecule has 60 heavy (non-hydrogen) atoms. The molecule has 20 nitrogen and oxygen atoms in total. The molecule has 0 spiro atoms. The molecule has 0 saturated heterocycles. The van der Waals surface area contributed by atoms with Crippen LogP contribution < -0.4 is 59.5 Å². The van der Waals surface area contributed by atoms with Crippen LogP contribution in [-0.2, 0) is 57.1 Å². The first-order valence-corrected chi connectivity index (χ1v) is 22.2. The maximum Gasteiger partial charge on any atom is 3.00 e. The molecule has 1 radical (unpaired) electrons. The summed E-state index contributed by atoms with van der Waals surface area (Å²) in [5, 5.41) is 68.3. The number of aromatic hydroxyl groups is 1. The standard InChI is InChI=1S/2C17H13N3O7S2.Cr.Na/c2*18-29(25,26)9-5-6-13(21)12(7-9)19-20-14-15(22)10-3-1-2-4-11(10)16-17(14)28(23,24)8-27-16;;/h2*1-7,21-22H,8H2,(H2,18,25,26);;/q;;+3;+1/p-4. The van der Waals surface area contributed by atoms with Crippen LogP contribution in [0.1, 0.15) is 0 Å². The molecule has 6 aromatic carbocycles. The Morgan fingerprint density at radius 3 is 1.52 bits per heavy atom. The van der Waals surface area contributed by atoms with Crippen molar-refractivity contribution in [3.05, 3.63) is 84.9 Å². The molecule has 0 bridgehead atoms. The van der Waals surface area contributed by atoms with Crippen LogP contribution in [0, 0.1) is 4.78 Å². The fourth-order valence-corrected chi connectivity index (χ4v) is 9.41. The molecule has 26 heteroatoms. The third-order valence-corrected chi connectivity index (χ3v) is 13.1. The number of fused-ring (bicyclic) bond motifs is 6. The summed E-state index contributed by atoms with van der Waals surface area (Å²) in [4.78, 5) is -1.66. The third kappa shape index (κ3) is 8.65. The molecule has 0 amide bonds. The topological polar surface area (TPSA) is 350 Å². The summed E-state index contributed by atoms with van der Waals surface area (Å²) in [6, 6.07) is 18.2. The number of primary sulfonamides is 1. The van der Waals surface area contributed by atoms with Gasteiger partial charge in [-0.2, -0.15) is 5.11 Å². The van der Waals surface area contributed by atoms with Crippen molar-refractivity contribution in [3.8, 4) is 34.5 Å². The minimum atomic E-state index is -4.36. The Labute approximate surface area is 373 Å². The van der Waals surface area contributed by atoms with E-state index in [-0.39, 0.29) is 79.8 Å². The predicted octanol–water partition coefficient (Wildman–Crippen LogP) is 0.869. The van der Waals surface area contributed by atoms with Crippen molar-refractivity contribution < 1.29 is 111 Å². The summed E-state index contributed by atoms with van der Waals surface area (Å²) in [5.74, 6) is -3.93. The first-order chi connectivity index (χ1) is 27.2. The zero-order valence-electron chi connectivity index (χ0n) is 30.2. The molecule has 6 aromatic rings. The molecule has 2 aliphatic rings. The van der Waals surface area contributed by atoms with Crippen molar-refractivity contribution in [2.75, 3.05) is 11.9 Å². The van der Waals surface area contributed by atoms with Crippen molar-refractivity contribution >= 4 is 84.0 Å². The molecule has 2 aliphatic heterocycles. The molecule has 303 valence electrons. The van der Waals surface area contributed by atoms with Gasteiger partial charge in [0.2, 0.25) is 29.7 Å². The van der Waals surface area contributed by atoms with Crippen molar-refractivity contribution in [3.63, 3.8) is 0 Å². The maximum absolute atomic E-state index is 12.9. The Morgan fingerprint density at radius 2 is 1.07 bits per heavy atom. The Kier molecular flexibility index (Phi) is 13.0. The monoisotopic (exact) mass is 941 g/mol. The number of benzene rings is 6. The average Bonchev–Trinajstić information content (AvgIpc) is 3.66. The van der Waals surface area contributed by atoms with Crippen LogP contribution in [0.4, 0.5) is 22.7 Å². The van der Waals surface area contributed by atoms with Gasteiger partial charge >= 0.3 is 46.9 Å². The number of nitrogens with one attached hydrogen (secondary N) is 1. The van der Waals surface area contributed by atoms with E-state index in [1.807, 2.05) is 0 Å². The SMILES string of the molecule is N=S(=O)([O-])c1ccc([O-])c(N=Nc2c3c(c4ccccc4c2[O-])OCS3(=O)=O)c1.NS(=O)(=O)c1ccc(O)c(N=Nc2c3c(c4ccccc4c2[O-])OCS3(=O)=O)c1.[Cr+3].[Na+]. The Balaban J connectivity index is 0.000000220. The Hall–Kier alpha value is -4.91. The molecule has 8 rings (SSSR count). The van der Waals surface area contributed by atoms with Crippen LogP contribution in [0.3, 0.4) is 0 Å². The van der Waals surface area contributed by atoms with Crippen LogP contribution in [0.2, 0.25) is 0 Å². The van der Waals surface area contributed by atoms with Gasteiger partial charge < -0.3 is 34.5 Å². The fourth-order valence-electron chi connectivity index (χ4n) is 5.83. The first kappa shape index (κ1) is 46.2. The van der Waals surface area contributed by atoms with Crippen molar-refractivity contribution in [2.24, 2.45) is 25.6 Å². The van der Waals surface area contributed by atoms with E-state index in [1.54, 1.807) is 30.3 Å². The summed E-state index contributed by atoms with van der Waals surface area (Å²) < 4.78 is 113. The van der Waals surface area contributed by atoms with E-state index >= 15 is 0 Å². The maximum atomic E-state index is 12.9. The molecule has 4 N–H and O–H groups in total. The molecular weight excluding hydrogens is 920 g/mol. The Bertz CT molecular complexity index is 3060. The summed E-state index contributed by atoms with van der Waals surface area (Å²) in [6.07, 6.45) is 0. The molecule has 0 aliphatic carbocycles. The van der Waals surface area contributed by atoms with Crippen LogP contribution in [-0.4, -0.2) is 51.0 Å². The molecule has 1 atom stereocenters. The van der Waals surface area contributed by atoms with E-state index in [2.05, 4.69) is 20.5 Å². The number of sulfone groups is 2. The molecule has 0 aromatic heterocycles. The van der Waals surface area contributed by atoms with E-state index in [4.69, 9.17) is 19.4 Å². The van der Waals surface area contributed by atoms with Gasteiger partial charge in [0.1, 0.15) is 44.1 Å². The molecule has 1 unspecified atom stereocenters. The quantitative estimate of drug-likeness (QED) is 0.154. The number of nitrogens with two attached hydrogens (primary N) is 1. The number of sulfonamides is 1. The summed E-state index contributed by atoms with van der Waals surface area (Å²) >= 11 is 0. The minimum Gasteiger partial charge on any atom is -0.871 e. The van der Waals surface area contributed by atoms with Gasteiger partial charge in [-0.25, -0.2) is 30.4 Å². The second-order valence-electron chi connectivity index (χ2n) is 12.2. The first-order valence-electron chi connectivity index (χ1n) is 15.9. The second kappa shape index (κ2) is 16.9. The van der Waals surface area contributed by atoms with Crippen LogP contribution in [0.25, 0.3) is 21.5 Å². The smallest absolute Gasteiger partial charge is 0.871 e. The van der Waals surface area contributed by atoms with E-state index in [1.165, 1.54) is 18.2 Å². The normalized spacial score (nSPS) is 15.8.